The second-order valence-electron chi connectivity index (χ2n) is 35.9. The molecule has 23 rings (SSSR count). The molecule has 0 bridgehead atoms. The fourth-order valence-electron chi connectivity index (χ4n) is 22.2. The Morgan fingerprint density at radius 3 is 1.15 bits per heavy atom. The molecule has 5 heteroatoms. The van der Waals surface area contributed by atoms with Crippen molar-refractivity contribution >= 4 is 5.57 Å². The second kappa shape index (κ2) is 28.2. The van der Waals surface area contributed by atoms with Gasteiger partial charge in [-0.25, -0.2) is 24.9 Å². The van der Waals surface area contributed by atoms with Crippen LogP contribution in [0.15, 0.2) is 345 Å². The average molecular weight is 1540 g/mol. The first-order valence-electron chi connectivity index (χ1n) is 43.5. The van der Waals surface area contributed by atoms with Gasteiger partial charge in [0.15, 0.2) is 23.3 Å². The summed E-state index contributed by atoms with van der Waals surface area (Å²) >= 11 is 0. The highest BCUT2D eigenvalue weighted by molar-refractivity contribution is 5.95. The van der Waals surface area contributed by atoms with Gasteiger partial charge in [0.05, 0.1) is 11.4 Å². The normalized spacial score (nSPS) is 16.8. The lowest BCUT2D eigenvalue weighted by Gasteiger charge is -2.36. The molecule has 2 fully saturated rings. The first kappa shape index (κ1) is 71.9. The summed E-state index contributed by atoms with van der Waals surface area (Å²) in [6, 6.07) is 121. The minimum absolute atomic E-state index is 0.0266. The van der Waals surface area contributed by atoms with Crippen LogP contribution in [0.5, 0.6) is 0 Å². The van der Waals surface area contributed by atoms with E-state index in [9.17, 15) is 0 Å². The minimum Gasteiger partial charge on any atom is -0.228 e. The van der Waals surface area contributed by atoms with Gasteiger partial charge in [0.25, 0.3) is 0 Å². The highest BCUT2D eigenvalue weighted by atomic mass is 15.0. The number of nitrogens with zero attached hydrogens (tertiary/aromatic N) is 5. The molecule has 2 spiro atoms. The monoisotopic (exact) mass is 1540 g/mol. The molecule has 0 radical (unpaired) electrons. The van der Waals surface area contributed by atoms with Gasteiger partial charge in [-0.15, -0.1) is 0 Å². The maximum Gasteiger partial charge on any atom is 0.164 e. The van der Waals surface area contributed by atoms with E-state index in [1.807, 2.05) is 42.5 Å². The van der Waals surface area contributed by atoms with Gasteiger partial charge in [0.2, 0.25) is 0 Å². The number of hydrogen-bond donors (Lipinski definition) is 0. The maximum atomic E-state index is 5.26. The van der Waals surface area contributed by atoms with Gasteiger partial charge in [0.1, 0.15) is 0 Å². The van der Waals surface area contributed by atoms with Crippen LogP contribution in [0.4, 0.5) is 0 Å². The molecule has 14 aromatic carbocycles. The predicted molar refractivity (Wildman–Crippen MR) is 494 cm³/mol. The molecule has 16 aromatic rings. The van der Waals surface area contributed by atoms with E-state index < -0.39 is 0 Å². The van der Waals surface area contributed by atoms with E-state index in [0.717, 1.165) is 79.0 Å². The Labute approximate surface area is 704 Å². The molecule has 1 unspecified atom stereocenters. The number of aromatic nitrogens is 5. The van der Waals surface area contributed by atoms with Crippen LogP contribution in [-0.4, -0.2) is 24.9 Å². The Kier molecular flexibility index (Phi) is 16.9. The first-order valence-corrected chi connectivity index (χ1v) is 43.5. The fourth-order valence-corrected chi connectivity index (χ4v) is 22.2. The molecule has 7 aliphatic rings. The topological polar surface area (TPSA) is 64.5 Å². The third-order valence-electron chi connectivity index (χ3n) is 28.6. The van der Waals surface area contributed by atoms with Crippen molar-refractivity contribution in [2.24, 2.45) is 0 Å². The molecule has 0 N–H and O–H groups in total. The summed E-state index contributed by atoms with van der Waals surface area (Å²) in [5, 5.41) is 0. The largest absolute Gasteiger partial charge is 0.228 e. The second-order valence-corrected chi connectivity index (χ2v) is 35.9. The molecule has 2 saturated carbocycles. The van der Waals surface area contributed by atoms with E-state index in [1.165, 1.54) is 170 Å². The molecular formula is C115H91N5. The summed E-state index contributed by atoms with van der Waals surface area (Å²) in [6.45, 7) is 9.82. The molecule has 0 aliphatic heterocycles. The lowest BCUT2D eigenvalue weighted by Crippen LogP contribution is -2.28. The van der Waals surface area contributed by atoms with Crippen LogP contribution in [0.1, 0.15) is 154 Å². The fraction of sp³-hybridized carbons (Fsp3) is 0.174. The van der Waals surface area contributed by atoms with Gasteiger partial charge < -0.3 is 0 Å². The molecule has 7 aliphatic carbocycles. The lowest BCUT2D eigenvalue weighted by molar-refractivity contribution is 0.352. The van der Waals surface area contributed by atoms with Gasteiger partial charge in [0, 0.05) is 61.0 Å². The molecule has 2 aromatic heterocycles. The van der Waals surface area contributed by atoms with Gasteiger partial charge >= 0.3 is 0 Å². The minimum atomic E-state index is -0.191. The van der Waals surface area contributed by atoms with Gasteiger partial charge in [-0.1, -0.05) is 357 Å². The standard InChI is InChI=1S/C115H91N5/c1-112(2)99-64-86(52-55-91(99)94-69-104-96(67-101(94)112)90-34-16-17-35-98(90)114(104)58-18-8-19-59-114)77-46-42-75(43-47-77)84-31-23-33-89(63-84)111-119-109(81-28-14-7-15-29-81)118-110(120-111)82-50-48-73(49-51-82)72-36-38-78(39-37-72)87-54-57-93-97-68-102-95(70-105(97)115(103(93)66-87)60-20-9-21-61-115)92-56-53-85(65-100(92)113(102,3)4)76-44-40-74(41-45-76)83-30-22-32-88(62-83)107-71-106(79-24-10-5-11-25-79)116-108(117-107)80-26-12-6-13-27-80/h5-7,10-17,22-57,62-63,65-71,86H,8-9,18-21,58-61,64H2,1-4H3. The number of benzene rings is 14. The highest BCUT2D eigenvalue weighted by Gasteiger charge is 2.49. The molecule has 120 heavy (non-hydrogen) atoms. The Hall–Kier alpha value is -13.4. The van der Waals surface area contributed by atoms with Crippen molar-refractivity contribution in [1.82, 2.24) is 24.9 Å². The lowest BCUT2D eigenvalue weighted by atomic mass is 9.67. The molecule has 0 amide bonds. The molecule has 5 nitrogen and oxygen atoms in total. The van der Waals surface area contributed by atoms with Crippen molar-refractivity contribution in [3.8, 4) is 157 Å². The van der Waals surface area contributed by atoms with Crippen LogP contribution in [0, 0.1) is 0 Å². The average Bonchev–Trinajstić information content (AvgIpc) is 1.54. The Morgan fingerprint density at radius 2 is 0.583 bits per heavy atom. The third-order valence-corrected chi connectivity index (χ3v) is 28.6. The van der Waals surface area contributed by atoms with Crippen molar-refractivity contribution in [3.05, 3.63) is 395 Å². The van der Waals surface area contributed by atoms with Crippen LogP contribution in [-0.2, 0) is 21.7 Å². The summed E-state index contributed by atoms with van der Waals surface area (Å²) in [4.78, 5) is 25.8. The van der Waals surface area contributed by atoms with E-state index in [2.05, 4.69) is 325 Å². The zero-order valence-electron chi connectivity index (χ0n) is 68.4. The molecule has 2 heterocycles. The molecule has 1 atom stereocenters. The maximum absolute atomic E-state index is 5.26. The SMILES string of the molecule is CC1(C)C2=C(C=CC(c3ccc(-c4cccc(-c5nc(-c6ccccc6)nc(-c6ccc(-c7ccc(-c8ccc9c(c8)C8(CCCCC8)c8cc%10c(cc8-9)C(C)(C)c8cc(-c9ccc(-c%11cccc(-c%12cc(-c%13ccccc%13)nc(-c%13ccccc%13)n%12)c%11)cc9)ccc8-%10)cc7)cc6)n5)c4)cc3)C2)c2cc3c(cc21)-c1ccccc1C31CCCCC1. The molecule has 0 saturated heterocycles. The number of rotatable bonds is 12. The zero-order chi connectivity index (χ0) is 80.0. The summed E-state index contributed by atoms with van der Waals surface area (Å²) in [5.74, 6) is 2.95. The van der Waals surface area contributed by atoms with Crippen molar-refractivity contribution < 1.29 is 0 Å². The number of fused-ring (bicyclic) bond motifs is 15. The van der Waals surface area contributed by atoms with Crippen LogP contribution in [0.25, 0.3) is 163 Å². The van der Waals surface area contributed by atoms with E-state index in [-0.39, 0.29) is 21.7 Å². The van der Waals surface area contributed by atoms with Crippen LogP contribution < -0.4 is 0 Å². The van der Waals surface area contributed by atoms with Gasteiger partial charge in [-0.3, -0.25) is 0 Å². The van der Waals surface area contributed by atoms with Crippen molar-refractivity contribution in [1.29, 1.82) is 0 Å². The van der Waals surface area contributed by atoms with Crippen LogP contribution >= 0.6 is 0 Å². The molecular weight excluding hydrogens is 1450 g/mol. The zero-order valence-corrected chi connectivity index (χ0v) is 68.4. The van der Waals surface area contributed by atoms with E-state index >= 15 is 0 Å². The molecule has 576 valence electrons. The smallest absolute Gasteiger partial charge is 0.164 e. The van der Waals surface area contributed by atoms with Crippen molar-refractivity contribution in [2.45, 2.75) is 126 Å². The summed E-state index contributed by atoms with van der Waals surface area (Å²) in [6.07, 6.45) is 18.5. The van der Waals surface area contributed by atoms with E-state index in [1.54, 1.807) is 16.7 Å². The quantitative estimate of drug-likeness (QED) is 0.122. The number of allylic oxidation sites excluding steroid dienone is 4. The van der Waals surface area contributed by atoms with Crippen LogP contribution in [0.2, 0.25) is 0 Å². The number of hydrogen-bond acceptors (Lipinski definition) is 5. The van der Waals surface area contributed by atoms with Gasteiger partial charge in [-0.05, 0) is 231 Å². The summed E-state index contributed by atoms with van der Waals surface area (Å²) in [5.41, 5.74) is 44.3. The summed E-state index contributed by atoms with van der Waals surface area (Å²) in [7, 11) is 0. The third kappa shape index (κ3) is 11.8. The van der Waals surface area contributed by atoms with E-state index in [0.29, 0.717) is 29.2 Å². The van der Waals surface area contributed by atoms with Crippen LogP contribution in [0.3, 0.4) is 0 Å². The first-order chi connectivity index (χ1) is 58.9. The van der Waals surface area contributed by atoms with Crippen molar-refractivity contribution in [3.63, 3.8) is 0 Å². The summed E-state index contributed by atoms with van der Waals surface area (Å²) < 4.78 is 0. The Morgan fingerprint density at radius 1 is 0.233 bits per heavy atom. The van der Waals surface area contributed by atoms with Crippen molar-refractivity contribution in [2.75, 3.05) is 0 Å². The highest BCUT2D eigenvalue weighted by Crippen LogP contribution is 2.63. The predicted octanol–water partition coefficient (Wildman–Crippen LogP) is 29.6. The van der Waals surface area contributed by atoms with Gasteiger partial charge in [-0.2, -0.15) is 0 Å². The Bertz CT molecular complexity index is 6820. The van der Waals surface area contributed by atoms with E-state index in [4.69, 9.17) is 24.9 Å². The Balaban J connectivity index is 0.483.